The number of rotatable bonds is 4. The number of carbonyl (C=O) groups excluding carboxylic acids is 1. The average Bonchev–Trinajstić information content (AvgIpc) is 3.10. The molecule has 0 aliphatic heterocycles. The largest absolute Gasteiger partial charge is 0.352 e. The van der Waals surface area contributed by atoms with Crippen LogP contribution in [0.3, 0.4) is 0 Å². The monoisotopic (exact) mass is 308 g/mol. The van der Waals surface area contributed by atoms with Crippen molar-refractivity contribution in [2.24, 2.45) is 23.5 Å². The summed E-state index contributed by atoms with van der Waals surface area (Å²) in [6.07, 6.45) is 5.40. The average molecular weight is 309 g/mol. The number of hydrogen-bond acceptors (Lipinski definition) is 2. The first-order valence-corrected chi connectivity index (χ1v) is 7.76. The van der Waals surface area contributed by atoms with E-state index in [4.69, 9.17) is 5.73 Å². The number of carbonyl (C=O) groups is 1. The summed E-state index contributed by atoms with van der Waals surface area (Å²) in [5, 5.41) is 3.14. The van der Waals surface area contributed by atoms with Crippen LogP contribution < -0.4 is 11.1 Å². The van der Waals surface area contributed by atoms with Gasteiger partial charge in [0.1, 0.15) is 6.04 Å². The molecule has 5 unspecified atom stereocenters. The molecule has 2 fully saturated rings. The highest BCUT2D eigenvalue weighted by Gasteiger charge is 2.42. The van der Waals surface area contributed by atoms with Crippen molar-refractivity contribution >= 4 is 18.3 Å². The topological polar surface area (TPSA) is 55.1 Å². The molecule has 0 heterocycles. The van der Waals surface area contributed by atoms with E-state index < -0.39 is 6.04 Å². The fourth-order valence-electron chi connectivity index (χ4n) is 4.14. The lowest BCUT2D eigenvalue weighted by atomic mass is 9.84. The van der Waals surface area contributed by atoms with Gasteiger partial charge in [-0.15, -0.1) is 12.4 Å². The van der Waals surface area contributed by atoms with E-state index in [0.717, 1.165) is 17.4 Å². The zero-order valence-electron chi connectivity index (χ0n) is 12.5. The van der Waals surface area contributed by atoms with E-state index >= 15 is 0 Å². The summed E-state index contributed by atoms with van der Waals surface area (Å²) in [5.41, 5.74) is 6.93. The molecule has 0 radical (unpaired) electrons. The van der Waals surface area contributed by atoms with Crippen molar-refractivity contribution in [3.8, 4) is 0 Å². The molecule has 0 spiro atoms. The van der Waals surface area contributed by atoms with Gasteiger partial charge in [0.15, 0.2) is 0 Å². The van der Waals surface area contributed by atoms with E-state index in [1.165, 1.54) is 25.7 Å². The molecule has 2 aliphatic carbocycles. The molecule has 2 bridgehead atoms. The molecule has 1 aromatic rings. The molecule has 0 saturated heterocycles. The third kappa shape index (κ3) is 3.41. The van der Waals surface area contributed by atoms with Gasteiger partial charge in [0.05, 0.1) is 0 Å². The third-order valence-electron chi connectivity index (χ3n) is 5.25. The number of benzene rings is 1. The van der Waals surface area contributed by atoms with Crippen LogP contribution in [0.25, 0.3) is 0 Å². The Hall–Kier alpha value is -1.06. The van der Waals surface area contributed by atoms with E-state index in [0.29, 0.717) is 5.92 Å². The van der Waals surface area contributed by atoms with Gasteiger partial charge in [-0.2, -0.15) is 0 Å². The minimum absolute atomic E-state index is 0. The minimum Gasteiger partial charge on any atom is -0.352 e. The summed E-state index contributed by atoms with van der Waals surface area (Å²) in [7, 11) is 0. The maximum atomic E-state index is 12.3. The van der Waals surface area contributed by atoms with Crippen molar-refractivity contribution in [2.45, 2.75) is 44.7 Å². The molecule has 2 aliphatic rings. The van der Waals surface area contributed by atoms with E-state index in [2.05, 4.69) is 12.2 Å². The molecule has 3 N–H and O–H groups in total. The summed E-state index contributed by atoms with van der Waals surface area (Å²) >= 11 is 0. The molecule has 116 valence electrons. The predicted molar refractivity (Wildman–Crippen MR) is 87.2 cm³/mol. The lowest BCUT2D eigenvalue weighted by molar-refractivity contribution is -0.123. The lowest BCUT2D eigenvalue weighted by Crippen LogP contribution is -2.44. The van der Waals surface area contributed by atoms with Crippen molar-refractivity contribution in [1.82, 2.24) is 5.32 Å². The van der Waals surface area contributed by atoms with Crippen LogP contribution in [-0.4, -0.2) is 11.9 Å². The van der Waals surface area contributed by atoms with Crippen LogP contribution in [0.1, 0.15) is 44.2 Å². The maximum Gasteiger partial charge on any atom is 0.241 e. The Morgan fingerprint density at radius 1 is 1.24 bits per heavy atom. The Labute approximate surface area is 133 Å². The minimum atomic E-state index is -0.558. The van der Waals surface area contributed by atoms with Gasteiger partial charge in [-0.05, 0) is 49.5 Å². The first kappa shape index (κ1) is 16.3. The molecule has 3 rings (SSSR count). The Balaban J connectivity index is 0.00000161. The molecule has 4 heteroatoms. The van der Waals surface area contributed by atoms with Gasteiger partial charge in [-0.1, -0.05) is 36.8 Å². The number of hydrogen-bond donors (Lipinski definition) is 2. The van der Waals surface area contributed by atoms with Gasteiger partial charge >= 0.3 is 0 Å². The van der Waals surface area contributed by atoms with Crippen LogP contribution in [0.4, 0.5) is 0 Å². The van der Waals surface area contributed by atoms with Crippen LogP contribution in [0.5, 0.6) is 0 Å². The summed E-state index contributed by atoms with van der Waals surface area (Å²) in [6, 6.07) is 9.28. The molecule has 1 amide bonds. The van der Waals surface area contributed by atoms with E-state index in [1.54, 1.807) is 0 Å². The van der Waals surface area contributed by atoms with Crippen molar-refractivity contribution in [1.29, 1.82) is 0 Å². The van der Waals surface area contributed by atoms with Crippen molar-refractivity contribution < 1.29 is 4.79 Å². The Bertz CT molecular complexity index is 479. The Kier molecular flexibility index (Phi) is 5.28. The standard InChI is InChI=1S/C17H24N2O.ClH/c1-11(15-10-12-7-8-14(15)9-12)19-17(20)16(18)13-5-3-2-4-6-13;/h2-6,11-12,14-16H,7-10,18H2,1H3,(H,19,20);1H. The quantitative estimate of drug-likeness (QED) is 0.898. The van der Waals surface area contributed by atoms with Crippen molar-refractivity contribution in [3.63, 3.8) is 0 Å². The van der Waals surface area contributed by atoms with Crippen LogP contribution in [0.2, 0.25) is 0 Å². The maximum absolute atomic E-state index is 12.3. The molecular formula is C17H25ClN2O. The van der Waals surface area contributed by atoms with Crippen LogP contribution >= 0.6 is 12.4 Å². The second-order valence-corrected chi connectivity index (χ2v) is 6.52. The van der Waals surface area contributed by atoms with Gasteiger partial charge in [-0.25, -0.2) is 0 Å². The lowest BCUT2D eigenvalue weighted by Gasteiger charge is -2.29. The van der Waals surface area contributed by atoms with Gasteiger partial charge < -0.3 is 11.1 Å². The second-order valence-electron chi connectivity index (χ2n) is 6.52. The summed E-state index contributed by atoms with van der Waals surface area (Å²) in [4.78, 5) is 12.3. The Morgan fingerprint density at radius 3 is 2.52 bits per heavy atom. The molecule has 1 aromatic carbocycles. The van der Waals surface area contributed by atoms with E-state index in [-0.39, 0.29) is 24.4 Å². The third-order valence-corrected chi connectivity index (χ3v) is 5.25. The number of nitrogens with one attached hydrogen (secondary N) is 1. The van der Waals surface area contributed by atoms with Crippen molar-refractivity contribution in [3.05, 3.63) is 35.9 Å². The van der Waals surface area contributed by atoms with Gasteiger partial charge in [0.25, 0.3) is 0 Å². The zero-order valence-corrected chi connectivity index (χ0v) is 13.3. The number of nitrogens with two attached hydrogens (primary N) is 1. The number of halogens is 1. The number of fused-ring (bicyclic) bond motifs is 2. The summed E-state index contributed by atoms with van der Waals surface area (Å²) < 4.78 is 0. The van der Waals surface area contributed by atoms with E-state index in [1.807, 2.05) is 30.3 Å². The van der Waals surface area contributed by atoms with Gasteiger partial charge in [0.2, 0.25) is 5.91 Å². The summed E-state index contributed by atoms with van der Waals surface area (Å²) in [6.45, 7) is 2.14. The van der Waals surface area contributed by atoms with E-state index in [9.17, 15) is 4.79 Å². The SMILES string of the molecule is CC(NC(=O)C(N)c1ccccc1)C1CC2CCC1C2.Cl. The van der Waals surface area contributed by atoms with Crippen LogP contribution in [-0.2, 0) is 4.79 Å². The Morgan fingerprint density at radius 2 is 1.95 bits per heavy atom. The molecule has 21 heavy (non-hydrogen) atoms. The predicted octanol–water partition coefficient (Wildman–Crippen LogP) is 3.05. The smallest absolute Gasteiger partial charge is 0.241 e. The highest BCUT2D eigenvalue weighted by Crippen LogP contribution is 2.49. The molecule has 0 aromatic heterocycles. The molecular weight excluding hydrogens is 284 g/mol. The molecule has 5 atom stereocenters. The highest BCUT2D eigenvalue weighted by molar-refractivity contribution is 5.85. The van der Waals surface area contributed by atoms with Gasteiger partial charge in [0, 0.05) is 6.04 Å². The second kappa shape index (κ2) is 6.80. The normalized spacial score (nSPS) is 29.5. The fraction of sp³-hybridized carbons (Fsp3) is 0.588. The molecule has 3 nitrogen and oxygen atoms in total. The van der Waals surface area contributed by atoms with Crippen molar-refractivity contribution in [2.75, 3.05) is 0 Å². The van der Waals surface area contributed by atoms with Crippen LogP contribution in [0, 0.1) is 17.8 Å². The summed E-state index contributed by atoms with van der Waals surface area (Å²) in [5.74, 6) is 2.34. The highest BCUT2D eigenvalue weighted by atomic mass is 35.5. The van der Waals surface area contributed by atoms with Gasteiger partial charge in [-0.3, -0.25) is 4.79 Å². The first-order chi connectivity index (χ1) is 9.65. The van der Waals surface area contributed by atoms with Crippen LogP contribution in [0.15, 0.2) is 30.3 Å². The number of amides is 1. The first-order valence-electron chi connectivity index (χ1n) is 7.76. The zero-order chi connectivity index (χ0) is 14.1. The molecule has 2 saturated carbocycles. The fourth-order valence-corrected chi connectivity index (χ4v) is 4.14.